The van der Waals surface area contributed by atoms with Gasteiger partial charge in [-0.2, -0.15) is 5.10 Å². The number of amides is 1. The monoisotopic (exact) mass is 343 g/mol. The molecule has 136 valence electrons. The summed E-state index contributed by atoms with van der Waals surface area (Å²) in [5.41, 5.74) is 2.22. The number of carbonyl (C=O) groups excluding carboxylic acids is 1. The SMILES string of the molecule is CCC(C)n1nccc1NC(=O)C(C)Oc1cc(C)ccc1C(C)C. The first-order valence-electron chi connectivity index (χ1n) is 8.95. The molecular weight excluding hydrogens is 314 g/mol. The normalized spacial score (nSPS) is 13.6. The predicted molar refractivity (Wildman–Crippen MR) is 101 cm³/mol. The maximum atomic E-state index is 12.6. The van der Waals surface area contributed by atoms with Gasteiger partial charge in [-0.15, -0.1) is 0 Å². The molecule has 1 amide bonds. The van der Waals surface area contributed by atoms with Gasteiger partial charge in [-0.05, 0) is 50.3 Å². The highest BCUT2D eigenvalue weighted by molar-refractivity contribution is 5.93. The number of anilines is 1. The highest BCUT2D eigenvalue weighted by atomic mass is 16.5. The van der Waals surface area contributed by atoms with Crippen LogP contribution in [0.5, 0.6) is 5.75 Å². The fourth-order valence-electron chi connectivity index (χ4n) is 2.63. The lowest BCUT2D eigenvalue weighted by Crippen LogP contribution is -2.31. The van der Waals surface area contributed by atoms with Crippen LogP contribution in [-0.4, -0.2) is 21.8 Å². The van der Waals surface area contributed by atoms with E-state index in [2.05, 4.69) is 50.2 Å². The van der Waals surface area contributed by atoms with Crippen LogP contribution in [-0.2, 0) is 4.79 Å². The Bertz CT molecular complexity index is 721. The molecule has 2 unspecified atom stereocenters. The van der Waals surface area contributed by atoms with E-state index in [4.69, 9.17) is 4.74 Å². The van der Waals surface area contributed by atoms with Crippen LogP contribution in [0, 0.1) is 6.92 Å². The summed E-state index contributed by atoms with van der Waals surface area (Å²) in [6, 6.07) is 8.16. The molecule has 0 aliphatic rings. The molecule has 0 saturated carbocycles. The second kappa shape index (κ2) is 8.19. The number of nitrogens with one attached hydrogen (secondary N) is 1. The summed E-state index contributed by atoms with van der Waals surface area (Å²) in [6.07, 6.45) is 2.04. The minimum atomic E-state index is -0.598. The van der Waals surface area contributed by atoms with Gasteiger partial charge >= 0.3 is 0 Å². The topological polar surface area (TPSA) is 56.2 Å². The molecule has 0 aliphatic heterocycles. The molecule has 1 N–H and O–H groups in total. The van der Waals surface area contributed by atoms with Crippen LogP contribution in [0.1, 0.15) is 64.1 Å². The summed E-state index contributed by atoms with van der Waals surface area (Å²) >= 11 is 0. The standard InChI is InChI=1S/C20H29N3O2/c1-7-15(5)23-19(10-11-21-23)22-20(24)16(6)25-18-12-14(4)8-9-17(18)13(2)3/h8-13,15-16H,7H2,1-6H3,(H,22,24). The van der Waals surface area contributed by atoms with Crippen LogP contribution in [0.25, 0.3) is 0 Å². The summed E-state index contributed by atoms with van der Waals surface area (Å²) in [4.78, 5) is 12.6. The van der Waals surface area contributed by atoms with Crippen LogP contribution in [0.4, 0.5) is 5.82 Å². The number of aryl methyl sites for hydroxylation is 1. The molecule has 1 aromatic heterocycles. The highest BCUT2D eigenvalue weighted by Crippen LogP contribution is 2.28. The lowest BCUT2D eigenvalue weighted by Gasteiger charge is -2.20. The van der Waals surface area contributed by atoms with E-state index in [1.54, 1.807) is 13.1 Å². The zero-order valence-corrected chi connectivity index (χ0v) is 16.0. The van der Waals surface area contributed by atoms with Gasteiger partial charge in [-0.1, -0.05) is 32.9 Å². The fraction of sp³-hybridized carbons (Fsp3) is 0.500. The van der Waals surface area contributed by atoms with Gasteiger partial charge in [0.2, 0.25) is 0 Å². The van der Waals surface area contributed by atoms with Crippen molar-refractivity contribution in [2.24, 2.45) is 0 Å². The van der Waals surface area contributed by atoms with E-state index in [1.165, 1.54) is 0 Å². The van der Waals surface area contributed by atoms with Crippen LogP contribution in [0.2, 0.25) is 0 Å². The zero-order chi connectivity index (χ0) is 18.6. The van der Waals surface area contributed by atoms with E-state index in [0.29, 0.717) is 11.7 Å². The minimum Gasteiger partial charge on any atom is -0.481 e. The quantitative estimate of drug-likeness (QED) is 0.793. The molecule has 2 aromatic rings. The molecule has 0 spiro atoms. The number of hydrogen-bond acceptors (Lipinski definition) is 3. The fourth-order valence-corrected chi connectivity index (χ4v) is 2.63. The number of ether oxygens (including phenoxy) is 1. The largest absolute Gasteiger partial charge is 0.481 e. The molecule has 5 nitrogen and oxygen atoms in total. The van der Waals surface area contributed by atoms with Crippen LogP contribution in [0.15, 0.2) is 30.5 Å². The number of carbonyl (C=O) groups is 1. The Balaban J connectivity index is 2.12. The Kier molecular flexibility index (Phi) is 6.23. The Morgan fingerprint density at radius 2 is 1.96 bits per heavy atom. The van der Waals surface area contributed by atoms with Crippen molar-refractivity contribution in [1.82, 2.24) is 9.78 Å². The molecule has 25 heavy (non-hydrogen) atoms. The van der Waals surface area contributed by atoms with E-state index < -0.39 is 6.10 Å². The van der Waals surface area contributed by atoms with Gasteiger partial charge in [0.25, 0.3) is 5.91 Å². The molecule has 0 radical (unpaired) electrons. The first-order valence-corrected chi connectivity index (χ1v) is 8.95. The number of aromatic nitrogens is 2. The summed E-state index contributed by atoms with van der Waals surface area (Å²) in [5.74, 6) is 1.62. The van der Waals surface area contributed by atoms with Gasteiger partial charge in [-0.25, -0.2) is 4.68 Å². The third kappa shape index (κ3) is 4.62. The van der Waals surface area contributed by atoms with Crippen molar-refractivity contribution in [3.8, 4) is 5.75 Å². The number of rotatable bonds is 7. The third-order valence-electron chi connectivity index (χ3n) is 4.39. The van der Waals surface area contributed by atoms with E-state index in [-0.39, 0.29) is 11.9 Å². The molecule has 1 heterocycles. The van der Waals surface area contributed by atoms with Crippen LogP contribution >= 0.6 is 0 Å². The number of hydrogen-bond donors (Lipinski definition) is 1. The van der Waals surface area contributed by atoms with E-state index >= 15 is 0 Å². The van der Waals surface area contributed by atoms with Gasteiger partial charge < -0.3 is 10.1 Å². The molecule has 0 aliphatic carbocycles. The Labute approximate surface area is 150 Å². The maximum absolute atomic E-state index is 12.6. The molecule has 0 fully saturated rings. The Morgan fingerprint density at radius 1 is 1.24 bits per heavy atom. The average molecular weight is 343 g/mol. The molecule has 2 rings (SSSR count). The first kappa shape index (κ1) is 19.0. The first-order chi connectivity index (χ1) is 11.8. The molecule has 1 aromatic carbocycles. The van der Waals surface area contributed by atoms with Crippen molar-refractivity contribution < 1.29 is 9.53 Å². The van der Waals surface area contributed by atoms with Crippen molar-refractivity contribution in [2.45, 2.75) is 66.0 Å². The van der Waals surface area contributed by atoms with Crippen molar-refractivity contribution in [1.29, 1.82) is 0 Å². The Hall–Kier alpha value is -2.30. The molecule has 2 atom stereocenters. The maximum Gasteiger partial charge on any atom is 0.266 e. The van der Waals surface area contributed by atoms with Gasteiger partial charge in [0.15, 0.2) is 6.10 Å². The summed E-state index contributed by atoms with van der Waals surface area (Å²) < 4.78 is 7.81. The predicted octanol–water partition coefficient (Wildman–Crippen LogP) is 4.69. The summed E-state index contributed by atoms with van der Waals surface area (Å²) in [5, 5.41) is 7.22. The van der Waals surface area contributed by atoms with Crippen LogP contribution < -0.4 is 10.1 Å². The summed E-state index contributed by atoms with van der Waals surface area (Å²) in [7, 11) is 0. The zero-order valence-electron chi connectivity index (χ0n) is 16.0. The van der Waals surface area contributed by atoms with Crippen LogP contribution in [0.3, 0.4) is 0 Å². The molecule has 0 bridgehead atoms. The average Bonchev–Trinajstić information content (AvgIpc) is 3.01. The second-order valence-corrected chi connectivity index (χ2v) is 6.86. The van der Waals surface area contributed by atoms with E-state index in [9.17, 15) is 4.79 Å². The van der Waals surface area contributed by atoms with Crippen molar-refractivity contribution in [2.75, 3.05) is 5.32 Å². The van der Waals surface area contributed by atoms with Gasteiger partial charge in [-0.3, -0.25) is 4.79 Å². The van der Waals surface area contributed by atoms with Gasteiger partial charge in [0.05, 0.1) is 12.2 Å². The molecular formula is C20H29N3O2. The third-order valence-corrected chi connectivity index (χ3v) is 4.39. The summed E-state index contributed by atoms with van der Waals surface area (Å²) in [6.45, 7) is 12.2. The van der Waals surface area contributed by atoms with Gasteiger partial charge in [0.1, 0.15) is 11.6 Å². The highest BCUT2D eigenvalue weighted by Gasteiger charge is 2.20. The Morgan fingerprint density at radius 3 is 2.60 bits per heavy atom. The lowest BCUT2D eigenvalue weighted by molar-refractivity contribution is -0.122. The second-order valence-electron chi connectivity index (χ2n) is 6.86. The molecule has 5 heteroatoms. The van der Waals surface area contributed by atoms with Crippen molar-refractivity contribution in [3.05, 3.63) is 41.6 Å². The smallest absolute Gasteiger partial charge is 0.266 e. The number of benzene rings is 1. The lowest BCUT2D eigenvalue weighted by atomic mass is 10.0. The van der Waals surface area contributed by atoms with Crippen molar-refractivity contribution >= 4 is 11.7 Å². The number of nitrogens with zero attached hydrogens (tertiary/aromatic N) is 2. The van der Waals surface area contributed by atoms with E-state index in [0.717, 1.165) is 23.3 Å². The van der Waals surface area contributed by atoms with E-state index in [1.807, 2.05) is 23.7 Å². The van der Waals surface area contributed by atoms with Crippen molar-refractivity contribution in [3.63, 3.8) is 0 Å². The minimum absolute atomic E-state index is 0.179. The molecule has 0 saturated heterocycles. The van der Waals surface area contributed by atoms with Gasteiger partial charge in [0, 0.05) is 6.07 Å².